The summed E-state index contributed by atoms with van der Waals surface area (Å²) < 4.78 is 2.82. The molecule has 56 valence electrons. The minimum Gasteiger partial charge on any atom is -0.390 e. The van der Waals surface area contributed by atoms with Crippen LogP contribution in [0.1, 0.15) is 12.6 Å². The summed E-state index contributed by atoms with van der Waals surface area (Å²) in [4.78, 5) is 0. The van der Waals surface area contributed by atoms with E-state index in [0.717, 1.165) is 15.8 Å². The Morgan fingerprint density at radius 2 is 2.50 bits per heavy atom. The third-order valence-corrected chi connectivity index (χ3v) is 2.25. The molecule has 0 bridgehead atoms. The quantitative estimate of drug-likeness (QED) is 0.797. The van der Waals surface area contributed by atoms with E-state index in [1.54, 1.807) is 10.9 Å². The first-order chi connectivity index (χ1) is 4.79. The van der Waals surface area contributed by atoms with Crippen LogP contribution in [-0.2, 0) is 13.2 Å². The molecule has 0 aliphatic carbocycles. The van der Waals surface area contributed by atoms with Gasteiger partial charge in [-0.2, -0.15) is 5.10 Å². The maximum absolute atomic E-state index is 8.85. The van der Waals surface area contributed by atoms with Gasteiger partial charge >= 0.3 is 0 Å². The standard InChI is InChI=1S/C6H9IN2O/c1-2-9-6(4-10)5(7)3-8-9/h3,10H,2,4H2,1H3. The van der Waals surface area contributed by atoms with Crippen LogP contribution in [0.3, 0.4) is 0 Å². The molecule has 3 nitrogen and oxygen atoms in total. The summed E-state index contributed by atoms with van der Waals surface area (Å²) in [6, 6.07) is 0. The topological polar surface area (TPSA) is 38.0 Å². The summed E-state index contributed by atoms with van der Waals surface area (Å²) in [5, 5.41) is 12.9. The molecule has 0 unspecified atom stereocenters. The number of aromatic nitrogens is 2. The Morgan fingerprint density at radius 1 is 1.80 bits per heavy atom. The molecule has 0 aliphatic heterocycles. The van der Waals surface area contributed by atoms with Gasteiger partial charge in [-0.15, -0.1) is 0 Å². The van der Waals surface area contributed by atoms with Crippen LogP contribution < -0.4 is 0 Å². The molecule has 1 aromatic rings. The Morgan fingerprint density at radius 3 is 2.90 bits per heavy atom. The van der Waals surface area contributed by atoms with Gasteiger partial charge in [0, 0.05) is 6.54 Å². The summed E-state index contributed by atoms with van der Waals surface area (Å²) in [6.07, 6.45) is 1.76. The van der Waals surface area contributed by atoms with Gasteiger partial charge in [0.05, 0.1) is 22.1 Å². The van der Waals surface area contributed by atoms with Crippen molar-refractivity contribution in [2.75, 3.05) is 0 Å². The van der Waals surface area contributed by atoms with E-state index in [2.05, 4.69) is 27.7 Å². The second-order valence-electron chi connectivity index (χ2n) is 1.91. The molecule has 4 heteroatoms. The average Bonchev–Trinajstić information content (AvgIpc) is 2.30. The zero-order chi connectivity index (χ0) is 7.56. The van der Waals surface area contributed by atoms with E-state index in [1.807, 2.05) is 6.92 Å². The van der Waals surface area contributed by atoms with Crippen molar-refractivity contribution < 1.29 is 5.11 Å². The van der Waals surface area contributed by atoms with Crippen LogP contribution in [0.25, 0.3) is 0 Å². The molecular formula is C6H9IN2O. The summed E-state index contributed by atoms with van der Waals surface area (Å²) in [5.74, 6) is 0. The first-order valence-electron chi connectivity index (χ1n) is 3.10. The number of aliphatic hydroxyl groups is 1. The molecule has 1 aromatic heterocycles. The Kier molecular flexibility index (Phi) is 2.67. The average molecular weight is 252 g/mol. The highest BCUT2D eigenvalue weighted by Gasteiger charge is 2.03. The number of hydrogen-bond acceptors (Lipinski definition) is 2. The lowest BCUT2D eigenvalue weighted by Gasteiger charge is -1.99. The fourth-order valence-electron chi connectivity index (χ4n) is 0.818. The molecule has 0 saturated heterocycles. The first kappa shape index (κ1) is 8.00. The van der Waals surface area contributed by atoms with Gasteiger partial charge in [0.15, 0.2) is 0 Å². The number of rotatable bonds is 2. The van der Waals surface area contributed by atoms with Crippen molar-refractivity contribution in [3.05, 3.63) is 15.5 Å². The number of aryl methyl sites for hydroxylation is 1. The predicted octanol–water partition coefficient (Wildman–Crippen LogP) is 1.000. The van der Waals surface area contributed by atoms with Crippen LogP contribution in [0.2, 0.25) is 0 Å². The first-order valence-corrected chi connectivity index (χ1v) is 4.18. The maximum atomic E-state index is 8.85. The normalized spacial score (nSPS) is 10.3. The molecule has 0 spiro atoms. The Bertz CT molecular complexity index is 222. The summed E-state index contributed by atoms with van der Waals surface area (Å²) in [7, 11) is 0. The van der Waals surface area contributed by atoms with Gasteiger partial charge in [0.2, 0.25) is 0 Å². The van der Waals surface area contributed by atoms with Crippen LogP contribution in [-0.4, -0.2) is 14.9 Å². The molecule has 0 atom stereocenters. The molecular weight excluding hydrogens is 243 g/mol. The lowest BCUT2D eigenvalue weighted by Crippen LogP contribution is -2.02. The van der Waals surface area contributed by atoms with Crippen LogP contribution in [0.15, 0.2) is 6.20 Å². The highest BCUT2D eigenvalue weighted by atomic mass is 127. The minimum absolute atomic E-state index is 0.0755. The lowest BCUT2D eigenvalue weighted by atomic mass is 10.4. The van der Waals surface area contributed by atoms with Crippen molar-refractivity contribution >= 4 is 22.6 Å². The Balaban J connectivity index is 3.01. The maximum Gasteiger partial charge on any atom is 0.0860 e. The highest BCUT2D eigenvalue weighted by Crippen LogP contribution is 2.10. The Labute approximate surface area is 73.2 Å². The number of halogens is 1. The van der Waals surface area contributed by atoms with Crippen LogP contribution in [0.5, 0.6) is 0 Å². The fraction of sp³-hybridized carbons (Fsp3) is 0.500. The second kappa shape index (κ2) is 3.34. The molecule has 10 heavy (non-hydrogen) atoms. The number of nitrogens with zero attached hydrogens (tertiary/aromatic N) is 2. The second-order valence-corrected chi connectivity index (χ2v) is 3.08. The summed E-state index contributed by atoms with van der Waals surface area (Å²) >= 11 is 2.16. The minimum atomic E-state index is 0.0755. The molecule has 1 heterocycles. The molecule has 0 saturated carbocycles. The van der Waals surface area contributed by atoms with Gasteiger partial charge in [0.25, 0.3) is 0 Å². The molecule has 0 aromatic carbocycles. The summed E-state index contributed by atoms with van der Waals surface area (Å²) in [5.41, 5.74) is 0.906. The van der Waals surface area contributed by atoms with E-state index in [1.165, 1.54) is 0 Å². The van der Waals surface area contributed by atoms with Crippen LogP contribution >= 0.6 is 22.6 Å². The summed E-state index contributed by atoms with van der Waals surface area (Å²) in [6.45, 7) is 2.90. The largest absolute Gasteiger partial charge is 0.390 e. The molecule has 1 N–H and O–H groups in total. The monoisotopic (exact) mass is 252 g/mol. The number of aliphatic hydroxyl groups excluding tert-OH is 1. The smallest absolute Gasteiger partial charge is 0.0860 e. The van der Waals surface area contributed by atoms with Gasteiger partial charge < -0.3 is 5.11 Å². The number of hydrogen-bond donors (Lipinski definition) is 1. The Hall–Kier alpha value is -0.100. The van der Waals surface area contributed by atoms with Crippen molar-refractivity contribution in [2.45, 2.75) is 20.1 Å². The van der Waals surface area contributed by atoms with Crippen molar-refractivity contribution in [1.29, 1.82) is 0 Å². The van der Waals surface area contributed by atoms with E-state index in [0.29, 0.717) is 0 Å². The van der Waals surface area contributed by atoms with Gasteiger partial charge in [-0.05, 0) is 29.5 Å². The van der Waals surface area contributed by atoms with Crippen molar-refractivity contribution in [3.8, 4) is 0 Å². The van der Waals surface area contributed by atoms with E-state index in [9.17, 15) is 0 Å². The molecule has 0 radical (unpaired) electrons. The van der Waals surface area contributed by atoms with Gasteiger partial charge in [-0.25, -0.2) is 0 Å². The van der Waals surface area contributed by atoms with E-state index in [-0.39, 0.29) is 6.61 Å². The van der Waals surface area contributed by atoms with E-state index in [4.69, 9.17) is 5.11 Å². The predicted molar refractivity (Wildman–Crippen MR) is 46.5 cm³/mol. The van der Waals surface area contributed by atoms with Gasteiger partial charge in [-0.3, -0.25) is 4.68 Å². The molecule has 1 rings (SSSR count). The van der Waals surface area contributed by atoms with E-state index < -0.39 is 0 Å². The van der Waals surface area contributed by atoms with Gasteiger partial charge in [-0.1, -0.05) is 0 Å². The van der Waals surface area contributed by atoms with Crippen LogP contribution in [0.4, 0.5) is 0 Å². The van der Waals surface area contributed by atoms with Crippen molar-refractivity contribution in [2.24, 2.45) is 0 Å². The zero-order valence-corrected chi connectivity index (χ0v) is 7.87. The third-order valence-electron chi connectivity index (χ3n) is 1.35. The molecule has 0 aliphatic rings. The lowest BCUT2D eigenvalue weighted by molar-refractivity contribution is 0.267. The van der Waals surface area contributed by atoms with Crippen molar-refractivity contribution in [1.82, 2.24) is 9.78 Å². The van der Waals surface area contributed by atoms with Crippen molar-refractivity contribution in [3.63, 3.8) is 0 Å². The fourth-order valence-corrected chi connectivity index (χ4v) is 1.39. The van der Waals surface area contributed by atoms with Gasteiger partial charge in [0.1, 0.15) is 0 Å². The van der Waals surface area contributed by atoms with E-state index >= 15 is 0 Å². The highest BCUT2D eigenvalue weighted by molar-refractivity contribution is 14.1. The van der Waals surface area contributed by atoms with Crippen LogP contribution in [0, 0.1) is 3.57 Å². The third kappa shape index (κ3) is 1.32. The zero-order valence-electron chi connectivity index (χ0n) is 5.71. The SMILES string of the molecule is CCn1ncc(I)c1CO. The molecule has 0 amide bonds. The molecule has 0 fully saturated rings.